The molecule has 1 aliphatic rings. The van der Waals surface area contributed by atoms with Gasteiger partial charge in [0, 0.05) is 6.42 Å². The minimum atomic E-state index is -1.28. The van der Waals surface area contributed by atoms with Gasteiger partial charge in [0.2, 0.25) is 12.7 Å². The molecular weight excluding hydrogens is 432 g/mol. The van der Waals surface area contributed by atoms with Gasteiger partial charge in [-0.2, -0.15) is 0 Å². The molecule has 0 spiro atoms. The van der Waals surface area contributed by atoms with E-state index in [1.54, 1.807) is 19.1 Å². The number of halogens is 1. The second kappa shape index (κ2) is 8.33. The average molecular weight is 447 g/mol. The number of nitrogens with one attached hydrogen (secondary N) is 1. The van der Waals surface area contributed by atoms with E-state index in [1.165, 1.54) is 28.7 Å². The maximum Gasteiger partial charge on any atom is 0.547 e. The van der Waals surface area contributed by atoms with Gasteiger partial charge in [0.05, 0.1) is 28.5 Å². The van der Waals surface area contributed by atoms with Gasteiger partial charge in [-0.15, -0.1) is 0 Å². The standard InChI is InChI=1S/C14H15BINO7/c1-2-11(18)17-10-6-8-4-3-5-9(12(8)24-15(10)21)13(19)22-7-23-14(16)20/h3-5,10,21H,2,6-7H2,1H3,(H,17,18)/t10-/m0/s1. The van der Waals surface area contributed by atoms with E-state index in [-0.39, 0.29) is 23.6 Å². The summed E-state index contributed by atoms with van der Waals surface area (Å²) in [6, 6.07) is 4.85. The van der Waals surface area contributed by atoms with Gasteiger partial charge in [-0.05, 0) is 18.1 Å². The van der Waals surface area contributed by atoms with E-state index in [2.05, 4.69) is 10.1 Å². The zero-order valence-electron chi connectivity index (χ0n) is 12.8. The molecule has 0 unspecified atom stereocenters. The van der Waals surface area contributed by atoms with Gasteiger partial charge in [0.15, 0.2) is 0 Å². The number of benzene rings is 1. The first-order valence-electron chi connectivity index (χ1n) is 7.17. The maximum atomic E-state index is 12.1. The number of esters is 1. The van der Waals surface area contributed by atoms with Crippen molar-refractivity contribution in [2.45, 2.75) is 25.7 Å². The normalized spacial score (nSPS) is 15.8. The van der Waals surface area contributed by atoms with E-state index in [0.717, 1.165) is 0 Å². The number of para-hydroxylation sites is 1. The monoisotopic (exact) mass is 447 g/mol. The Hall–Kier alpha value is -1.82. The fourth-order valence-electron chi connectivity index (χ4n) is 2.22. The second-order valence-electron chi connectivity index (χ2n) is 4.97. The molecule has 0 saturated carbocycles. The lowest BCUT2D eigenvalue weighted by Gasteiger charge is -2.29. The van der Waals surface area contributed by atoms with Crippen LogP contribution < -0.4 is 9.97 Å². The lowest BCUT2D eigenvalue weighted by molar-refractivity contribution is -0.121. The quantitative estimate of drug-likeness (QED) is 0.230. The summed E-state index contributed by atoms with van der Waals surface area (Å²) in [7, 11) is -1.28. The molecule has 10 heteroatoms. The summed E-state index contributed by atoms with van der Waals surface area (Å²) in [6.07, 6.45) is 0.601. The van der Waals surface area contributed by atoms with Gasteiger partial charge in [-0.3, -0.25) is 4.79 Å². The van der Waals surface area contributed by atoms with Crippen molar-refractivity contribution < 1.29 is 33.5 Å². The number of amides is 1. The van der Waals surface area contributed by atoms with Gasteiger partial charge >= 0.3 is 17.1 Å². The van der Waals surface area contributed by atoms with Crippen LogP contribution in [0.25, 0.3) is 0 Å². The van der Waals surface area contributed by atoms with E-state index >= 15 is 0 Å². The molecule has 0 fully saturated rings. The predicted molar refractivity (Wildman–Crippen MR) is 91.8 cm³/mol. The van der Waals surface area contributed by atoms with Gasteiger partial charge in [-0.1, -0.05) is 19.1 Å². The molecule has 1 aliphatic heterocycles. The third-order valence-electron chi connectivity index (χ3n) is 3.37. The molecule has 2 N–H and O–H groups in total. The third kappa shape index (κ3) is 4.60. The number of ether oxygens (including phenoxy) is 2. The first-order valence-corrected chi connectivity index (χ1v) is 8.25. The molecule has 1 heterocycles. The number of hydrogen-bond donors (Lipinski definition) is 2. The van der Waals surface area contributed by atoms with Gasteiger partial charge < -0.3 is 24.5 Å². The first-order chi connectivity index (χ1) is 11.4. The summed E-state index contributed by atoms with van der Waals surface area (Å²) in [6.45, 7) is 1.19. The van der Waals surface area contributed by atoms with Crippen molar-refractivity contribution in [2.24, 2.45) is 0 Å². The number of fused-ring (bicyclic) bond motifs is 1. The summed E-state index contributed by atoms with van der Waals surface area (Å²) in [4.78, 5) is 34.2. The molecule has 1 aromatic carbocycles. The Labute approximate surface area is 152 Å². The van der Waals surface area contributed by atoms with Crippen LogP contribution in [0.15, 0.2) is 18.2 Å². The molecule has 2 rings (SSSR count). The van der Waals surface area contributed by atoms with E-state index < -0.39 is 29.8 Å². The summed E-state index contributed by atoms with van der Waals surface area (Å²) in [5.41, 5.74) is 0.762. The first kappa shape index (κ1) is 18.5. The topological polar surface area (TPSA) is 111 Å². The predicted octanol–water partition coefficient (Wildman–Crippen LogP) is 1.22. The molecule has 24 heavy (non-hydrogen) atoms. The molecule has 0 radical (unpaired) electrons. The highest BCUT2D eigenvalue weighted by Gasteiger charge is 2.37. The SMILES string of the molecule is CCC(=O)N[C@H]1Cc2cccc(C(=O)OCOC(=O)I)c2OB1O. The van der Waals surface area contributed by atoms with Crippen molar-refractivity contribution in [3.63, 3.8) is 0 Å². The lowest BCUT2D eigenvalue weighted by atomic mass is 9.72. The zero-order valence-corrected chi connectivity index (χ0v) is 14.9. The smallest absolute Gasteiger partial charge is 0.534 e. The van der Waals surface area contributed by atoms with Gasteiger partial charge in [0.1, 0.15) is 11.3 Å². The summed E-state index contributed by atoms with van der Waals surface area (Å²) >= 11 is 1.41. The van der Waals surface area contributed by atoms with Crippen molar-refractivity contribution >= 4 is 45.6 Å². The molecule has 8 nitrogen and oxygen atoms in total. The lowest BCUT2D eigenvalue weighted by Crippen LogP contribution is -2.53. The number of carbonyl (C=O) groups excluding carboxylic acids is 3. The van der Waals surface area contributed by atoms with E-state index in [9.17, 15) is 19.4 Å². The Morgan fingerprint density at radius 3 is 2.83 bits per heavy atom. The van der Waals surface area contributed by atoms with Gasteiger partial charge in [0.25, 0.3) is 0 Å². The van der Waals surface area contributed by atoms with E-state index in [4.69, 9.17) is 9.39 Å². The van der Waals surface area contributed by atoms with Crippen LogP contribution >= 0.6 is 22.6 Å². The van der Waals surface area contributed by atoms with Crippen molar-refractivity contribution in [3.8, 4) is 5.75 Å². The van der Waals surface area contributed by atoms with Crippen LogP contribution in [0.3, 0.4) is 0 Å². The Balaban J connectivity index is 2.13. The number of hydrogen-bond acceptors (Lipinski definition) is 7. The van der Waals surface area contributed by atoms with Crippen LogP contribution in [-0.4, -0.2) is 40.7 Å². The molecule has 1 aromatic rings. The molecule has 0 aliphatic carbocycles. The highest BCUT2D eigenvalue weighted by atomic mass is 127. The molecule has 0 aromatic heterocycles. The number of carbonyl (C=O) groups is 3. The van der Waals surface area contributed by atoms with Crippen molar-refractivity contribution in [1.29, 1.82) is 0 Å². The summed E-state index contributed by atoms with van der Waals surface area (Å²) in [5, 5.41) is 12.7. The van der Waals surface area contributed by atoms with E-state index in [0.29, 0.717) is 12.0 Å². The summed E-state index contributed by atoms with van der Waals surface area (Å²) in [5.74, 6) is -1.36. The van der Waals surface area contributed by atoms with E-state index in [1.807, 2.05) is 0 Å². The highest BCUT2D eigenvalue weighted by Crippen LogP contribution is 2.30. The van der Waals surface area contributed by atoms with Crippen LogP contribution in [0, 0.1) is 0 Å². The minimum absolute atomic E-state index is 0.108. The van der Waals surface area contributed by atoms with Gasteiger partial charge in [-0.25, -0.2) is 9.59 Å². The molecular formula is C14H15BINO7. The molecule has 128 valence electrons. The average Bonchev–Trinajstić information content (AvgIpc) is 2.54. The molecule has 0 saturated heterocycles. The van der Waals surface area contributed by atoms with Crippen LogP contribution in [0.5, 0.6) is 5.75 Å². The summed E-state index contributed by atoms with van der Waals surface area (Å²) < 4.78 is 14.2. The van der Waals surface area contributed by atoms with Crippen LogP contribution in [0.4, 0.5) is 4.79 Å². The fraction of sp³-hybridized carbons (Fsp3) is 0.357. The van der Waals surface area contributed by atoms with Crippen molar-refractivity contribution in [2.75, 3.05) is 6.79 Å². The van der Waals surface area contributed by atoms with Crippen LogP contribution in [0.2, 0.25) is 0 Å². The van der Waals surface area contributed by atoms with Crippen LogP contribution in [-0.2, 0) is 20.7 Å². The largest absolute Gasteiger partial charge is 0.547 e. The van der Waals surface area contributed by atoms with Crippen molar-refractivity contribution in [3.05, 3.63) is 29.3 Å². The minimum Gasteiger partial charge on any atom is -0.534 e. The Morgan fingerprint density at radius 2 is 2.17 bits per heavy atom. The molecule has 1 amide bonds. The maximum absolute atomic E-state index is 12.1. The second-order valence-corrected chi connectivity index (χ2v) is 5.85. The zero-order chi connectivity index (χ0) is 17.7. The van der Waals surface area contributed by atoms with Crippen LogP contribution in [0.1, 0.15) is 29.3 Å². The third-order valence-corrected chi connectivity index (χ3v) is 3.68. The highest BCUT2D eigenvalue weighted by molar-refractivity contribution is 14.1. The fourth-order valence-corrected chi connectivity index (χ4v) is 2.35. The number of rotatable bonds is 5. The van der Waals surface area contributed by atoms with Crippen molar-refractivity contribution in [1.82, 2.24) is 5.32 Å². The Kier molecular flexibility index (Phi) is 6.43. The molecule has 0 bridgehead atoms. The Bertz CT molecular complexity index is 654. The Morgan fingerprint density at radius 1 is 1.42 bits per heavy atom. The molecule has 1 atom stereocenters.